The summed E-state index contributed by atoms with van der Waals surface area (Å²) in [7, 11) is 0. The van der Waals surface area contributed by atoms with Gasteiger partial charge in [-0.3, -0.25) is 9.69 Å². The van der Waals surface area contributed by atoms with Crippen LogP contribution < -0.4 is 11.1 Å². The summed E-state index contributed by atoms with van der Waals surface area (Å²) < 4.78 is 0. The van der Waals surface area contributed by atoms with Gasteiger partial charge >= 0.3 is 0 Å². The number of rotatable bonds is 5. The third-order valence-electron chi connectivity index (χ3n) is 3.65. The van der Waals surface area contributed by atoms with E-state index in [1.165, 1.54) is 25.7 Å². The third-order valence-corrected chi connectivity index (χ3v) is 3.65. The zero-order valence-corrected chi connectivity index (χ0v) is 11.2. The van der Waals surface area contributed by atoms with E-state index in [-0.39, 0.29) is 18.3 Å². The van der Waals surface area contributed by atoms with Crippen molar-refractivity contribution in [2.24, 2.45) is 11.7 Å². The summed E-state index contributed by atoms with van der Waals surface area (Å²) >= 11 is 0. The molecule has 0 aromatic carbocycles. The number of nitrogens with one attached hydrogen (secondary N) is 1. The summed E-state index contributed by atoms with van der Waals surface area (Å²) in [5.74, 6) is 0.933. The topological polar surface area (TPSA) is 58.4 Å². The Labute approximate surface area is 110 Å². The molecule has 1 aliphatic heterocycles. The van der Waals surface area contributed by atoms with Gasteiger partial charge in [0.25, 0.3) is 0 Å². The number of nitrogens with two attached hydrogens (primary N) is 1. The Kier molecular flexibility index (Phi) is 6.23. The van der Waals surface area contributed by atoms with Gasteiger partial charge in [0.1, 0.15) is 0 Å². The first-order chi connectivity index (χ1) is 7.79. The van der Waals surface area contributed by atoms with Gasteiger partial charge in [0.2, 0.25) is 5.91 Å². The van der Waals surface area contributed by atoms with Gasteiger partial charge in [-0.1, -0.05) is 6.42 Å². The van der Waals surface area contributed by atoms with Gasteiger partial charge in [0, 0.05) is 19.1 Å². The van der Waals surface area contributed by atoms with Crippen molar-refractivity contribution in [3.63, 3.8) is 0 Å². The van der Waals surface area contributed by atoms with E-state index < -0.39 is 0 Å². The number of amides is 1. The molecule has 1 heterocycles. The molecule has 5 heteroatoms. The van der Waals surface area contributed by atoms with Crippen LogP contribution in [0.15, 0.2) is 0 Å². The SMILES string of the molecule is Cl.NCC1CCCCN1CC(=O)NCC1CC1. The van der Waals surface area contributed by atoms with E-state index in [0.717, 1.165) is 25.4 Å². The van der Waals surface area contributed by atoms with Crippen LogP contribution in [0.4, 0.5) is 0 Å². The predicted octanol–water partition coefficient (Wildman–Crippen LogP) is 0.748. The number of hydrogen-bond donors (Lipinski definition) is 2. The van der Waals surface area contributed by atoms with E-state index in [1.807, 2.05) is 0 Å². The van der Waals surface area contributed by atoms with E-state index in [2.05, 4.69) is 10.2 Å². The van der Waals surface area contributed by atoms with Crippen molar-refractivity contribution in [2.45, 2.75) is 38.1 Å². The molecule has 2 rings (SSSR count). The molecule has 3 N–H and O–H groups in total. The van der Waals surface area contributed by atoms with Crippen molar-refractivity contribution in [1.29, 1.82) is 0 Å². The van der Waals surface area contributed by atoms with Crippen LogP contribution in [0, 0.1) is 5.92 Å². The predicted molar refractivity (Wildman–Crippen MR) is 71.2 cm³/mol. The molecule has 1 aliphatic carbocycles. The molecular formula is C12H24ClN3O. The monoisotopic (exact) mass is 261 g/mol. The highest BCUT2D eigenvalue weighted by atomic mass is 35.5. The van der Waals surface area contributed by atoms with Crippen LogP contribution in [0.25, 0.3) is 0 Å². The molecule has 1 atom stereocenters. The molecule has 4 nitrogen and oxygen atoms in total. The summed E-state index contributed by atoms with van der Waals surface area (Å²) in [4.78, 5) is 14.0. The van der Waals surface area contributed by atoms with E-state index in [9.17, 15) is 4.79 Å². The molecule has 100 valence electrons. The van der Waals surface area contributed by atoms with Crippen LogP contribution in [-0.2, 0) is 4.79 Å². The number of halogens is 1. The molecular weight excluding hydrogens is 238 g/mol. The minimum absolute atomic E-state index is 0. The first-order valence-corrected chi connectivity index (χ1v) is 6.50. The van der Waals surface area contributed by atoms with Crippen LogP contribution in [-0.4, -0.2) is 43.0 Å². The van der Waals surface area contributed by atoms with Gasteiger partial charge in [0.15, 0.2) is 0 Å². The first-order valence-electron chi connectivity index (χ1n) is 6.50. The average Bonchev–Trinajstić information content (AvgIpc) is 3.11. The highest BCUT2D eigenvalue weighted by molar-refractivity contribution is 5.85. The Morgan fingerprint density at radius 1 is 1.29 bits per heavy atom. The smallest absolute Gasteiger partial charge is 0.234 e. The zero-order valence-electron chi connectivity index (χ0n) is 10.4. The Morgan fingerprint density at radius 2 is 2.06 bits per heavy atom. The van der Waals surface area contributed by atoms with Crippen molar-refractivity contribution in [2.75, 3.05) is 26.2 Å². The van der Waals surface area contributed by atoms with Gasteiger partial charge in [0.05, 0.1) is 6.54 Å². The van der Waals surface area contributed by atoms with Crippen molar-refractivity contribution < 1.29 is 4.79 Å². The molecule has 1 unspecified atom stereocenters. The van der Waals surface area contributed by atoms with Crippen molar-refractivity contribution >= 4 is 18.3 Å². The Morgan fingerprint density at radius 3 is 2.71 bits per heavy atom. The van der Waals surface area contributed by atoms with Crippen LogP contribution in [0.2, 0.25) is 0 Å². The van der Waals surface area contributed by atoms with Gasteiger partial charge < -0.3 is 11.1 Å². The number of hydrogen-bond acceptors (Lipinski definition) is 3. The summed E-state index contributed by atoms with van der Waals surface area (Å²) in [6, 6.07) is 0.417. The summed E-state index contributed by atoms with van der Waals surface area (Å²) in [6.07, 6.45) is 6.17. The fraction of sp³-hybridized carbons (Fsp3) is 0.917. The highest BCUT2D eigenvalue weighted by Crippen LogP contribution is 2.27. The van der Waals surface area contributed by atoms with Crippen LogP contribution in [0.1, 0.15) is 32.1 Å². The van der Waals surface area contributed by atoms with Gasteiger partial charge in [-0.25, -0.2) is 0 Å². The largest absolute Gasteiger partial charge is 0.355 e. The molecule has 0 aromatic heterocycles. The standard InChI is InChI=1S/C12H23N3O.ClH/c13-7-11-3-1-2-6-15(11)9-12(16)14-8-10-4-5-10;/h10-11H,1-9,13H2,(H,14,16);1H. The fourth-order valence-corrected chi connectivity index (χ4v) is 2.36. The molecule has 0 radical (unpaired) electrons. The van der Waals surface area contributed by atoms with E-state index in [0.29, 0.717) is 19.1 Å². The maximum atomic E-state index is 11.7. The van der Waals surface area contributed by atoms with Crippen molar-refractivity contribution in [3.8, 4) is 0 Å². The molecule has 1 saturated carbocycles. The number of nitrogens with zero attached hydrogens (tertiary/aromatic N) is 1. The maximum Gasteiger partial charge on any atom is 0.234 e. The minimum Gasteiger partial charge on any atom is -0.355 e. The van der Waals surface area contributed by atoms with Crippen LogP contribution >= 0.6 is 12.4 Å². The lowest BCUT2D eigenvalue weighted by molar-refractivity contribution is -0.123. The molecule has 2 fully saturated rings. The minimum atomic E-state index is 0. The third kappa shape index (κ3) is 4.82. The Balaban J connectivity index is 0.00000144. The summed E-state index contributed by atoms with van der Waals surface area (Å²) in [5.41, 5.74) is 5.73. The molecule has 0 bridgehead atoms. The quantitative estimate of drug-likeness (QED) is 0.768. The highest BCUT2D eigenvalue weighted by Gasteiger charge is 2.25. The molecule has 1 amide bonds. The maximum absolute atomic E-state index is 11.7. The number of carbonyl (C=O) groups is 1. The molecule has 2 aliphatic rings. The van der Waals surface area contributed by atoms with Gasteiger partial charge in [-0.05, 0) is 38.1 Å². The van der Waals surface area contributed by atoms with E-state index in [1.54, 1.807) is 0 Å². The first kappa shape index (κ1) is 14.7. The van der Waals surface area contributed by atoms with Crippen LogP contribution in [0.3, 0.4) is 0 Å². The summed E-state index contributed by atoms with van der Waals surface area (Å²) in [5, 5.41) is 3.02. The van der Waals surface area contributed by atoms with Gasteiger partial charge in [-0.2, -0.15) is 0 Å². The summed E-state index contributed by atoms with van der Waals surface area (Å²) in [6.45, 7) is 3.11. The van der Waals surface area contributed by atoms with Crippen LogP contribution in [0.5, 0.6) is 0 Å². The second-order valence-electron chi connectivity index (χ2n) is 5.10. The van der Waals surface area contributed by atoms with Crippen molar-refractivity contribution in [1.82, 2.24) is 10.2 Å². The Bertz CT molecular complexity index is 246. The molecule has 0 aromatic rings. The number of piperidine rings is 1. The second-order valence-corrected chi connectivity index (χ2v) is 5.10. The molecule has 0 spiro atoms. The van der Waals surface area contributed by atoms with E-state index in [4.69, 9.17) is 5.73 Å². The molecule has 17 heavy (non-hydrogen) atoms. The zero-order chi connectivity index (χ0) is 11.4. The van der Waals surface area contributed by atoms with E-state index >= 15 is 0 Å². The van der Waals surface area contributed by atoms with Gasteiger partial charge in [-0.15, -0.1) is 12.4 Å². The lowest BCUT2D eigenvalue weighted by Gasteiger charge is -2.34. The second kappa shape index (κ2) is 7.19. The molecule has 1 saturated heterocycles. The fourth-order valence-electron chi connectivity index (χ4n) is 2.36. The number of likely N-dealkylation sites (tertiary alicyclic amines) is 1. The Hall–Kier alpha value is -0.320. The average molecular weight is 262 g/mol. The normalized spacial score (nSPS) is 25.1. The number of carbonyl (C=O) groups excluding carboxylic acids is 1. The lowest BCUT2D eigenvalue weighted by Crippen LogP contribution is -2.48. The lowest BCUT2D eigenvalue weighted by atomic mass is 10.0. The van der Waals surface area contributed by atoms with Crippen molar-refractivity contribution in [3.05, 3.63) is 0 Å².